The first kappa shape index (κ1) is 24.6. The molecule has 2 aromatic rings. The third-order valence-electron chi connectivity index (χ3n) is 6.22. The average Bonchev–Trinajstić information content (AvgIpc) is 3.22. The summed E-state index contributed by atoms with van der Waals surface area (Å²) in [6.07, 6.45) is -25.9. The van der Waals surface area contributed by atoms with Crippen LogP contribution in [0.15, 0.2) is 48.5 Å². The molecule has 3 heterocycles. The van der Waals surface area contributed by atoms with Crippen LogP contribution in [0.25, 0.3) is 0 Å². The Bertz CT molecular complexity index is 1150. The van der Waals surface area contributed by atoms with Gasteiger partial charge in [0, 0.05) is 0 Å². The molecule has 35 heavy (non-hydrogen) atoms. The van der Waals surface area contributed by atoms with Crippen molar-refractivity contribution in [2.45, 2.75) is 35.9 Å². The van der Waals surface area contributed by atoms with Gasteiger partial charge in [-0.3, -0.25) is 0 Å². The summed E-state index contributed by atoms with van der Waals surface area (Å²) in [5.74, 6) is 0. The van der Waals surface area contributed by atoms with E-state index in [-0.39, 0.29) is 12.1 Å². The molecule has 0 unspecified atom stereocenters. The van der Waals surface area contributed by atoms with E-state index in [4.69, 9.17) is 0 Å². The van der Waals surface area contributed by atoms with E-state index >= 15 is 0 Å². The van der Waals surface area contributed by atoms with E-state index in [9.17, 15) is 52.7 Å². The van der Waals surface area contributed by atoms with Crippen molar-refractivity contribution in [1.82, 2.24) is 0 Å². The van der Waals surface area contributed by atoms with Crippen molar-refractivity contribution in [3.05, 3.63) is 59.7 Å². The standard InChI is InChI=1S/C18H8F12O4P/c19-15(20,21)13(16(22,23)24)9-5-1-3-7-11(9)35(31-13,33-34-35)12-8-4-2-6-10(12)14(32-35,17(25,26)27)18(28,29)30/h1-8H/q-1. The number of halogens is 12. The normalized spacial score (nSPS) is 26.9. The second-order valence-electron chi connectivity index (χ2n) is 8.01. The molecule has 3 aliphatic heterocycles. The van der Waals surface area contributed by atoms with Gasteiger partial charge in [0.1, 0.15) is 0 Å². The molecule has 3 aliphatic rings. The maximum atomic E-state index is 14.2. The molecular formula is C18H8F12O4P-. The summed E-state index contributed by atoms with van der Waals surface area (Å²) in [6, 6.07) is 3.96. The van der Waals surface area contributed by atoms with Crippen LogP contribution in [0.2, 0.25) is 0 Å². The fraction of sp³-hybridized carbons (Fsp3) is 0.333. The van der Waals surface area contributed by atoms with Crippen LogP contribution < -0.4 is 10.6 Å². The first-order chi connectivity index (χ1) is 15.7. The van der Waals surface area contributed by atoms with Crippen LogP contribution >= 0.6 is 6.85 Å². The van der Waals surface area contributed by atoms with Gasteiger partial charge in [0.2, 0.25) is 0 Å². The summed E-state index contributed by atoms with van der Waals surface area (Å²) in [4.78, 5) is 0. The van der Waals surface area contributed by atoms with Crippen LogP contribution in [0.1, 0.15) is 11.1 Å². The number of hydrogen-bond acceptors (Lipinski definition) is 4. The minimum absolute atomic E-state index is 0.187. The van der Waals surface area contributed by atoms with E-state index < -0.39 is 64.5 Å². The zero-order chi connectivity index (χ0) is 26.2. The van der Waals surface area contributed by atoms with Gasteiger partial charge in [-0.15, -0.1) is 0 Å². The molecule has 0 atom stereocenters. The van der Waals surface area contributed by atoms with Gasteiger partial charge in [0.05, 0.1) is 0 Å². The molecule has 0 aliphatic carbocycles. The molecule has 0 saturated carbocycles. The zero-order valence-corrected chi connectivity index (χ0v) is 17.1. The van der Waals surface area contributed by atoms with Crippen molar-refractivity contribution in [3.8, 4) is 0 Å². The SMILES string of the molecule is FC(F)(F)C1(C(F)(F)F)O[P-]23(OO2)(OC(C(F)(F)F)(C(F)(F)F)c2ccccc23)c2ccccc21. The van der Waals surface area contributed by atoms with E-state index in [1.54, 1.807) is 0 Å². The van der Waals surface area contributed by atoms with Crippen molar-refractivity contribution in [3.63, 3.8) is 0 Å². The average molecular weight is 547 g/mol. The van der Waals surface area contributed by atoms with Gasteiger partial charge in [0.25, 0.3) is 0 Å². The molecule has 194 valence electrons. The Hall–Kier alpha value is -2.13. The summed E-state index contributed by atoms with van der Waals surface area (Å²) in [6.45, 7) is -7.97. The van der Waals surface area contributed by atoms with Gasteiger partial charge in [0.15, 0.2) is 0 Å². The molecule has 2 aromatic carbocycles. The number of benzene rings is 2. The van der Waals surface area contributed by atoms with Crippen LogP contribution in [-0.4, -0.2) is 24.7 Å². The Balaban J connectivity index is 2.02. The van der Waals surface area contributed by atoms with Gasteiger partial charge >= 0.3 is 184 Å². The second kappa shape index (κ2) is 5.72. The van der Waals surface area contributed by atoms with Crippen LogP contribution in [0.5, 0.6) is 0 Å². The van der Waals surface area contributed by atoms with Crippen molar-refractivity contribution >= 4 is 17.5 Å². The Morgan fingerprint density at radius 3 is 1.03 bits per heavy atom. The molecule has 0 amide bonds. The van der Waals surface area contributed by atoms with Crippen molar-refractivity contribution in [1.29, 1.82) is 0 Å². The number of rotatable bonds is 0. The Kier molecular flexibility index (Phi) is 4.01. The van der Waals surface area contributed by atoms with Gasteiger partial charge in [-0.05, 0) is 0 Å². The Morgan fingerprint density at radius 2 is 0.771 bits per heavy atom. The predicted octanol–water partition coefficient (Wildman–Crippen LogP) is 6.05. The van der Waals surface area contributed by atoms with Crippen LogP contribution in [0.4, 0.5) is 52.7 Å². The minimum atomic E-state index is -7.97. The fourth-order valence-electron chi connectivity index (χ4n) is 4.85. The van der Waals surface area contributed by atoms with Gasteiger partial charge in [-0.25, -0.2) is 0 Å². The van der Waals surface area contributed by atoms with Crippen molar-refractivity contribution < 1.29 is 71.1 Å². The molecule has 0 radical (unpaired) electrons. The monoisotopic (exact) mass is 547 g/mol. The summed E-state index contributed by atoms with van der Waals surface area (Å²) in [7, 11) is 0. The summed E-state index contributed by atoms with van der Waals surface area (Å²) >= 11 is 0. The first-order valence-corrected chi connectivity index (χ1v) is 11.5. The molecular weight excluding hydrogens is 539 g/mol. The Morgan fingerprint density at radius 1 is 0.486 bits per heavy atom. The van der Waals surface area contributed by atoms with Gasteiger partial charge in [-0.1, -0.05) is 0 Å². The molecule has 5 rings (SSSR count). The summed E-state index contributed by atoms with van der Waals surface area (Å²) < 4.78 is 188. The molecule has 1 saturated heterocycles. The summed E-state index contributed by atoms with van der Waals surface area (Å²) in [5.41, 5.74) is -14.7. The van der Waals surface area contributed by atoms with E-state index in [0.29, 0.717) is 24.3 Å². The van der Waals surface area contributed by atoms with Crippen LogP contribution in [0, 0.1) is 0 Å². The topological polar surface area (TPSA) is 43.5 Å². The molecule has 0 aromatic heterocycles. The van der Waals surface area contributed by atoms with Crippen molar-refractivity contribution in [2.75, 3.05) is 0 Å². The molecule has 1 spiro atoms. The molecule has 0 N–H and O–H groups in total. The number of hydrogen-bond donors (Lipinski definition) is 0. The first-order valence-electron chi connectivity index (χ1n) is 9.17. The molecule has 1 fully saturated rings. The second-order valence-corrected chi connectivity index (χ2v) is 12.2. The third-order valence-corrected chi connectivity index (χ3v) is 11.1. The molecule has 4 nitrogen and oxygen atoms in total. The predicted molar refractivity (Wildman–Crippen MR) is 91.0 cm³/mol. The van der Waals surface area contributed by atoms with Gasteiger partial charge < -0.3 is 0 Å². The van der Waals surface area contributed by atoms with Crippen LogP contribution in [-0.2, 0) is 29.6 Å². The van der Waals surface area contributed by atoms with E-state index in [1.807, 2.05) is 0 Å². The van der Waals surface area contributed by atoms with E-state index in [2.05, 4.69) is 18.4 Å². The third kappa shape index (κ3) is 2.23. The molecule has 17 heteroatoms. The van der Waals surface area contributed by atoms with E-state index in [1.165, 1.54) is 0 Å². The van der Waals surface area contributed by atoms with Crippen LogP contribution in [0.3, 0.4) is 0 Å². The fourth-order valence-corrected chi connectivity index (χ4v) is 10.6. The number of alkyl halides is 12. The van der Waals surface area contributed by atoms with Gasteiger partial charge in [-0.2, -0.15) is 0 Å². The zero-order valence-electron chi connectivity index (χ0n) is 16.2. The quantitative estimate of drug-likeness (QED) is 0.175. The van der Waals surface area contributed by atoms with E-state index in [0.717, 1.165) is 12.1 Å². The molecule has 0 bridgehead atoms. The summed E-state index contributed by atoms with van der Waals surface area (Å²) in [5, 5.41) is -3.04. The number of fused-ring (bicyclic) bond motifs is 2. The van der Waals surface area contributed by atoms with Crippen molar-refractivity contribution in [2.24, 2.45) is 0 Å². The maximum absolute atomic E-state index is 14.2. The Labute approximate surface area is 185 Å².